The predicted molar refractivity (Wildman–Crippen MR) is 139 cm³/mol. The molecule has 2 aliphatic rings. The number of piperidine rings is 1. The van der Waals surface area contributed by atoms with Crippen LogP contribution in [0, 0.1) is 5.41 Å². The number of hydrogen-bond acceptors (Lipinski definition) is 6. The maximum absolute atomic E-state index is 15.8. The molecular formula is C27H40FN3O2S. The molecule has 0 radical (unpaired) electrons. The van der Waals surface area contributed by atoms with Gasteiger partial charge in [-0.15, -0.1) is 0 Å². The molecule has 188 valence electrons. The van der Waals surface area contributed by atoms with E-state index in [1.807, 2.05) is 18.2 Å². The first kappa shape index (κ1) is 25.7. The Bertz CT molecular complexity index is 924. The van der Waals surface area contributed by atoms with Crippen LogP contribution in [-0.4, -0.2) is 59.3 Å². The van der Waals surface area contributed by atoms with Gasteiger partial charge in [0.2, 0.25) is 0 Å². The number of ether oxygens (including phenoxy) is 1. The average Bonchev–Trinajstić information content (AvgIpc) is 3.40. The van der Waals surface area contributed by atoms with E-state index in [1.54, 1.807) is 13.3 Å². The smallest absolute Gasteiger partial charge is 0.126 e. The molecule has 1 aromatic heterocycles. The van der Waals surface area contributed by atoms with Gasteiger partial charge in [0, 0.05) is 47.8 Å². The van der Waals surface area contributed by atoms with Crippen LogP contribution in [0.15, 0.2) is 24.4 Å². The second kappa shape index (κ2) is 12.0. The first-order chi connectivity index (χ1) is 16.6. The van der Waals surface area contributed by atoms with Gasteiger partial charge >= 0.3 is 0 Å². The van der Waals surface area contributed by atoms with E-state index in [0.29, 0.717) is 24.2 Å². The van der Waals surface area contributed by atoms with Gasteiger partial charge in [-0.1, -0.05) is 12.8 Å². The Morgan fingerprint density at radius 2 is 2.06 bits per heavy atom. The first-order valence-corrected chi connectivity index (χ1v) is 13.9. The summed E-state index contributed by atoms with van der Waals surface area (Å²) in [5.74, 6) is 1.88. The molecule has 0 bridgehead atoms. The largest absolute Gasteiger partial charge is 0.497 e. The van der Waals surface area contributed by atoms with E-state index in [9.17, 15) is 5.11 Å². The summed E-state index contributed by atoms with van der Waals surface area (Å²) in [5, 5.41) is 11.9. The Kier molecular flexibility index (Phi) is 9.08. The number of halogens is 1. The fraction of sp³-hybridized carbons (Fsp3) is 0.667. The summed E-state index contributed by atoms with van der Waals surface area (Å²) >= 11 is 2.14. The third kappa shape index (κ3) is 6.04. The molecule has 0 spiro atoms. The number of hydrogen-bond donors (Lipinski definition) is 2. The Morgan fingerprint density at radius 1 is 1.29 bits per heavy atom. The van der Waals surface area contributed by atoms with E-state index in [0.717, 1.165) is 54.2 Å². The van der Waals surface area contributed by atoms with Crippen molar-refractivity contribution in [1.82, 2.24) is 9.88 Å². The van der Waals surface area contributed by atoms with E-state index in [2.05, 4.69) is 21.6 Å². The van der Waals surface area contributed by atoms with Gasteiger partial charge in [-0.3, -0.25) is 4.98 Å². The maximum atomic E-state index is 15.8. The number of nitrogens with two attached hydrogens (primary N) is 1. The van der Waals surface area contributed by atoms with Crippen molar-refractivity contribution in [1.29, 1.82) is 0 Å². The zero-order valence-corrected chi connectivity index (χ0v) is 21.3. The zero-order chi connectivity index (χ0) is 24.0. The topological polar surface area (TPSA) is 71.6 Å². The quantitative estimate of drug-likeness (QED) is 0.450. The number of pyridine rings is 1. The van der Waals surface area contributed by atoms with Gasteiger partial charge in [-0.2, -0.15) is 11.8 Å². The lowest BCUT2D eigenvalue weighted by Gasteiger charge is -2.41. The van der Waals surface area contributed by atoms with Crippen LogP contribution >= 0.6 is 11.8 Å². The molecule has 1 aromatic carbocycles. The summed E-state index contributed by atoms with van der Waals surface area (Å²) in [6.45, 7) is 3.48. The number of alkyl halides is 1. The molecule has 5 nitrogen and oxygen atoms in total. The van der Waals surface area contributed by atoms with Crippen LogP contribution in [0.3, 0.4) is 0 Å². The van der Waals surface area contributed by atoms with Crippen molar-refractivity contribution < 1.29 is 14.2 Å². The second-order valence-electron chi connectivity index (χ2n) is 10.1. The average molecular weight is 490 g/mol. The van der Waals surface area contributed by atoms with Gasteiger partial charge in [0.25, 0.3) is 0 Å². The summed E-state index contributed by atoms with van der Waals surface area (Å²) in [6.07, 6.45) is 9.01. The van der Waals surface area contributed by atoms with Crippen LogP contribution in [0.2, 0.25) is 0 Å². The number of rotatable bonds is 11. The van der Waals surface area contributed by atoms with Crippen molar-refractivity contribution in [3.63, 3.8) is 0 Å². The van der Waals surface area contributed by atoms with Crippen LogP contribution in [0.1, 0.15) is 68.7 Å². The van der Waals surface area contributed by atoms with Gasteiger partial charge in [-0.25, -0.2) is 4.39 Å². The Labute approximate surface area is 207 Å². The van der Waals surface area contributed by atoms with Crippen LogP contribution in [-0.2, 0) is 6.54 Å². The van der Waals surface area contributed by atoms with Crippen molar-refractivity contribution >= 4 is 22.7 Å². The lowest BCUT2D eigenvalue weighted by molar-refractivity contribution is 0.0322. The third-order valence-electron chi connectivity index (χ3n) is 7.98. The van der Waals surface area contributed by atoms with Crippen molar-refractivity contribution in [3.05, 3.63) is 35.5 Å². The third-order valence-corrected chi connectivity index (χ3v) is 9.34. The number of methoxy groups -OCH3 is 1. The molecule has 1 atom stereocenters. The van der Waals surface area contributed by atoms with Crippen molar-refractivity contribution in [2.24, 2.45) is 11.1 Å². The van der Waals surface area contributed by atoms with Crippen molar-refractivity contribution in [2.45, 2.75) is 69.3 Å². The van der Waals surface area contributed by atoms with Gasteiger partial charge in [0.15, 0.2) is 0 Å². The number of aromatic nitrogens is 1. The molecule has 2 heterocycles. The predicted octanol–water partition coefficient (Wildman–Crippen LogP) is 5.24. The lowest BCUT2D eigenvalue weighted by Crippen LogP contribution is -2.43. The Hall–Kier alpha value is -1.41. The Morgan fingerprint density at radius 3 is 2.74 bits per heavy atom. The van der Waals surface area contributed by atoms with Crippen LogP contribution < -0.4 is 10.5 Å². The number of nitrogens with zero attached hydrogens (tertiary/aromatic N) is 2. The number of fused-ring (bicyclic) bond motifs is 1. The molecule has 1 saturated carbocycles. The van der Waals surface area contributed by atoms with Crippen LogP contribution in [0.5, 0.6) is 5.75 Å². The number of aliphatic hydroxyl groups is 1. The SMILES string of the molecule is COc1ccc2ncc(CN)c([C@H](F)CCC3(CO)CCN(CCSC4CCCC4)CC3)c2c1. The monoisotopic (exact) mass is 489 g/mol. The molecule has 1 aliphatic carbocycles. The van der Waals surface area contributed by atoms with E-state index in [1.165, 1.54) is 31.4 Å². The van der Waals surface area contributed by atoms with Crippen LogP contribution in [0.4, 0.5) is 4.39 Å². The minimum Gasteiger partial charge on any atom is -0.497 e. The fourth-order valence-electron chi connectivity index (χ4n) is 5.61. The van der Waals surface area contributed by atoms with Crippen molar-refractivity contribution in [2.75, 3.05) is 39.1 Å². The van der Waals surface area contributed by atoms with Gasteiger partial charge < -0.3 is 20.5 Å². The number of aliphatic hydroxyl groups excluding tert-OH is 1. The molecule has 0 amide bonds. The highest BCUT2D eigenvalue weighted by molar-refractivity contribution is 7.99. The summed E-state index contributed by atoms with van der Waals surface area (Å²) in [5.41, 5.74) is 7.87. The van der Waals surface area contributed by atoms with Gasteiger partial charge in [0.1, 0.15) is 11.9 Å². The normalized spacial score (nSPS) is 20.1. The minimum atomic E-state index is -1.15. The van der Waals surface area contributed by atoms with Crippen LogP contribution in [0.25, 0.3) is 10.9 Å². The van der Waals surface area contributed by atoms with E-state index in [4.69, 9.17) is 10.5 Å². The van der Waals surface area contributed by atoms with E-state index in [-0.39, 0.29) is 18.6 Å². The maximum Gasteiger partial charge on any atom is 0.126 e. The fourth-order valence-corrected chi connectivity index (χ4v) is 6.98. The van der Waals surface area contributed by atoms with Gasteiger partial charge in [0.05, 0.1) is 12.6 Å². The standard InChI is InChI=1S/C27H40FN3O2S/c1-33-21-6-7-25-23(16-21)26(20(17-29)18-30-25)24(28)8-9-27(19-32)10-12-31(13-11-27)14-15-34-22-4-2-3-5-22/h6-7,16,18,22,24,32H,2-5,8-15,17,19,29H2,1H3/t24-/m1/s1. The molecule has 1 aliphatic heterocycles. The van der Waals surface area contributed by atoms with Crippen molar-refractivity contribution in [3.8, 4) is 5.75 Å². The summed E-state index contributed by atoms with van der Waals surface area (Å²) < 4.78 is 21.1. The summed E-state index contributed by atoms with van der Waals surface area (Å²) in [7, 11) is 1.61. The Balaban J connectivity index is 1.36. The molecule has 1 saturated heterocycles. The molecular weight excluding hydrogens is 449 g/mol. The number of likely N-dealkylation sites (tertiary alicyclic amines) is 1. The van der Waals surface area contributed by atoms with E-state index >= 15 is 4.39 Å². The highest BCUT2D eigenvalue weighted by Crippen LogP contribution is 2.41. The first-order valence-electron chi connectivity index (χ1n) is 12.8. The van der Waals surface area contributed by atoms with Gasteiger partial charge in [-0.05, 0) is 80.8 Å². The minimum absolute atomic E-state index is 0.124. The molecule has 0 unspecified atom stereocenters. The summed E-state index contributed by atoms with van der Waals surface area (Å²) in [4.78, 5) is 6.98. The molecule has 2 aromatic rings. The summed E-state index contributed by atoms with van der Waals surface area (Å²) in [6, 6.07) is 5.56. The highest BCUT2D eigenvalue weighted by Gasteiger charge is 2.35. The molecule has 7 heteroatoms. The second-order valence-corrected chi connectivity index (χ2v) is 11.5. The zero-order valence-electron chi connectivity index (χ0n) is 20.5. The molecule has 34 heavy (non-hydrogen) atoms. The lowest BCUT2D eigenvalue weighted by atomic mass is 9.74. The number of benzene rings is 1. The molecule has 4 rings (SSSR count). The highest BCUT2D eigenvalue weighted by atomic mass is 32.2. The number of thioether (sulfide) groups is 1. The van der Waals surface area contributed by atoms with E-state index < -0.39 is 6.17 Å². The molecule has 2 fully saturated rings. The molecule has 3 N–H and O–H groups in total.